The third-order valence-corrected chi connectivity index (χ3v) is 2.48. The third kappa shape index (κ3) is 3.21. The molecule has 1 fully saturated rings. The molecule has 1 aliphatic rings. The van der Waals surface area contributed by atoms with Crippen LogP contribution in [0.5, 0.6) is 0 Å². The standard InChI is InChI=1S/C11H18O2/c1-8(2)4-6-10-9(3)5-7-11(12)13-10/h4,9-10H,5-7H2,1-3H3/t9-,10-/m1/s1. The quantitative estimate of drug-likeness (QED) is 0.485. The average molecular weight is 182 g/mol. The van der Waals surface area contributed by atoms with E-state index in [1.165, 1.54) is 5.57 Å². The Morgan fingerprint density at radius 2 is 2.31 bits per heavy atom. The normalized spacial score (nSPS) is 28.1. The molecule has 0 saturated carbocycles. The minimum absolute atomic E-state index is 0.0368. The SMILES string of the molecule is CC(C)=CC[C@H]1OC(=O)CC[C@H]1C. The highest BCUT2D eigenvalue weighted by Gasteiger charge is 2.26. The molecular weight excluding hydrogens is 164 g/mol. The van der Waals surface area contributed by atoms with Gasteiger partial charge in [-0.1, -0.05) is 18.6 Å². The molecule has 13 heavy (non-hydrogen) atoms. The molecule has 0 spiro atoms. The van der Waals surface area contributed by atoms with Gasteiger partial charge in [0.05, 0.1) is 0 Å². The van der Waals surface area contributed by atoms with Gasteiger partial charge in [0.15, 0.2) is 0 Å². The van der Waals surface area contributed by atoms with E-state index in [2.05, 4.69) is 26.8 Å². The van der Waals surface area contributed by atoms with E-state index in [-0.39, 0.29) is 12.1 Å². The van der Waals surface area contributed by atoms with Crippen molar-refractivity contribution in [3.63, 3.8) is 0 Å². The summed E-state index contributed by atoms with van der Waals surface area (Å²) in [4.78, 5) is 11.0. The number of ether oxygens (including phenoxy) is 1. The zero-order valence-electron chi connectivity index (χ0n) is 8.67. The molecule has 0 aromatic carbocycles. The number of rotatable bonds is 2. The van der Waals surface area contributed by atoms with Crippen LogP contribution in [-0.4, -0.2) is 12.1 Å². The van der Waals surface area contributed by atoms with Crippen LogP contribution in [0.4, 0.5) is 0 Å². The van der Waals surface area contributed by atoms with Crippen molar-refractivity contribution in [2.24, 2.45) is 5.92 Å². The maximum atomic E-state index is 11.0. The summed E-state index contributed by atoms with van der Waals surface area (Å²) < 4.78 is 5.27. The van der Waals surface area contributed by atoms with Gasteiger partial charge < -0.3 is 4.74 Å². The smallest absolute Gasteiger partial charge is 0.306 e. The lowest BCUT2D eigenvalue weighted by Crippen LogP contribution is -2.30. The van der Waals surface area contributed by atoms with Crippen molar-refractivity contribution >= 4 is 5.97 Å². The Morgan fingerprint density at radius 1 is 1.62 bits per heavy atom. The number of carbonyl (C=O) groups excluding carboxylic acids is 1. The zero-order valence-corrected chi connectivity index (χ0v) is 8.67. The first-order valence-electron chi connectivity index (χ1n) is 4.92. The summed E-state index contributed by atoms with van der Waals surface area (Å²) in [6, 6.07) is 0. The van der Waals surface area contributed by atoms with Gasteiger partial charge in [-0.15, -0.1) is 0 Å². The number of allylic oxidation sites excluding steroid dienone is 1. The summed E-state index contributed by atoms with van der Waals surface area (Å²) >= 11 is 0. The van der Waals surface area contributed by atoms with E-state index in [9.17, 15) is 4.79 Å². The van der Waals surface area contributed by atoms with Crippen molar-refractivity contribution in [2.45, 2.75) is 46.1 Å². The van der Waals surface area contributed by atoms with E-state index in [0.717, 1.165) is 12.8 Å². The molecule has 1 saturated heterocycles. The number of carbonyl (C=O) groups is 1. The fraction of sp³-hybridized carbons (Fsp3) is 0.727. The molecule has 0 aliphatic carbocycles. The van der Waals surface area contributed by atoms with Crippen molar-refractivity contribution in [1.29, 1.82) is 0 Å². The summed E-state index contributed by atoms with van der Waals surface area (Å²) in [7, 11) is 0. The summed E-state index contributed by atoms with van der Waals surface area (Å²) in [5.74, 6) is 0.471. The predicted octanol–water partition coefficient (Wildman–Crippen LogP) is 2.68. The molecule has 0 radical (unpaired) electrons. The zero-order chi connectivity index (χ0) is 9.84. The van der Waals surface area contributed by atoms with Gasteiger partial charge in [-0.05, 0) is 26.2 Å². The topological polar surface area (TPSA) is 26.3 Å². The number of cyclic esters (lactones) is 1. The largest absolute Gasteiger partial charge is 0.462 e. The van der Waals surface area contributed by atoms with E-state index in [0.29, 0.717) is 12.3 Å². The van der Waals surface area contributed by atoms with Gasteiger partial charge in [-0.3, -0.25) is 4.79 Å². The second-order valence-corrected chi connectivity index (χ2v) is 4.06. The van der Waals surface area contributed by atoms with Crippen LogP contribution >= 0.6 is 0 Å². The van der Waals surface area contributed by atoms with Crippen LogP contribution in [0.3, 0.4) is 0 Å². The van der Waals surface area contributed by atoms with Gasteiger partial charge in [0.1, 0.15) is 6.10 Å². The minimum Gasteiger partial charge on any atom is -0.462 e. The first-order valence-corrected chi connectivity index (χ1v) is 4.92. The van der Waals surface area contributed by atoms with Gasteiger partial charge in [0, 0.05) is 12.8 Å². The van der Waals surface area contributed by atoms with Gasteiger partial charge in [-0.2, -0.15) is 0 Å². The molecule has 1 aliphatic heterocycles. The number of hydrogen-bond donors (Lipinski definition) is 0. The molecule has 2 heteroatoms. The van der Waals surface area contributed by atoms with Gasteiger partial charge in [0.2, 0.25) is 0 Å². The summed E-state index contributed by atoms with van der Waals surface area (Å²) in [6.45, 7) is 6.28. The summed E-state index contributed by atoms with van der Waals surface area (Å²) in [6.07, 6.45) is 4.68. The summed E-state index contributed by atoms with van der Waals surface area (Å²) in [5.41, 5.74) is 1.29. The molecular formula is C11H18O2. The Kier molecular flexibility index (Phi) is 3.52. The number of hydrogen-bond acceptors (Lipinski definition) is 2. The second-order valence-electron chi connectivity index (χ2n) is 4.06. The molecule has 2 atom stereocenters. The minimum atomic E-state index is -0.0368. The van der Waals surface area contributed by atoms with Crippen molar-refractivity contribution < 1.29 is 9.53 Å². The lowest BCUT2D eigenvalue weighted by molar-refractivity contribution is -0.157. The van der Waals surface area contributed by atoms with Crippen LogP contribution in [0.25, 0.3) is 0 Å². The van der Waals surface area contributed by atoms with E-state index in [4.69, 9.17) is 4.74 Å². The average Bonchev–Trinajstić information content (AvgIpc) is 2.06. The fourth-order valence-corrected chi connectivity index (χ4v) is 1.51. The molecule has 74 valence electrons. The molecule has 1 heterocycles. The van der Waals surface area contributed by atoms with Crippen molar-refractivity contribution in [3.8, 4) is 0 Å². The molecule has 0 N–H and O–H groups in total. The Hall–Kier alpha value is -0.790. The fourth-order valence-electron chi connectivity index (χ4n) is 1.51. The van der Waals surface area contributed by atoms with E-state index in [1.54, 1.807) is 0 Å². The van der Waals surface area contributed by atoms with Gasteiger partial charge >= 0.3 is 5.97 Å². The molecule has 1 rings (SSSR count). The van der Waals surface area contributed by atoms with Crippen molar-refractivity contribution in [1.82, 2.24) is 0 Å². The highest BCUT2D eigenvalue weighted by Crippen LogP contribution is 2.23. The highest BCUT2D eigenvalue weighted by molar-refractivity contribution is 5.70. The predicted molar refractivity (Wildman–Crippen MR) is 52.3 cm³/mol. The molecule has 0 aromatic heterocycles. The van der Waals surface area contributed by atoms with Crippen LogP contribution in [0.2, 0.25) is 0 Å². The molecule has 2 nitrogen and oxygen atoms in total. The van der Waals surface area contributed by atoms with Crippen LogP contribution < -0.4 is 0 Å². The summed E-state index contributed by atoms with van der Waals surface area (Å²) in [5, 5.41) is 0. The van der Waals surface area contributed by atoms with Crippen LogP contribution in [0.15, 0.2) is 11.6 Å². The Morgan fingerprint density at radius 3 is 2.92 bits per heavy atom. The second kappa shape index (κ2) is 4.45. The van der Waals surface area contributed by atoms with E-state index >= 15 is 0 Å². The maximum Gasteiger partial charge on any atom is 0.306 e. The number of esters is 1. The first-order chi connectivity index (χ1) is 6.09. The van der Waals surface area contributed by atoms with Crippen LogP contribution in [-0.2, 0) is 9.53 Å². The maximum absolute atomic E-state index is 11.0. The third-order valence-electron chi connectivity index (χ3n) is 2.48. The van der Waals surface area contributed by atoms with E-state index < -0.39 is 0 Å². The highest BCUT2D eigenvalue weighted by atomic mass is 16.5. The van der Waals surface area contributed by atoms with E-state index in [1.807, 2.05) is 0 Å². The van der Waals surface area contributed by atoms with Crippen molar-refractivity contribution in [3.05, 3.63) is 11.6 Å². The van der Waals surface area contributed by atoms with Crippen LogP contribution in [0, 0.1) is 5.92 Å². The Balaban J connectivity index is 2.46. The molecule has 0 amide bonds. The Bertz CT molecular complexity index is 214. The Labute approximate surface area is 80.0 Å². The lowest BCUT2D eigenvalue weighted by atomic mass is 9.93. The monoisotopic (exact) mass is 182 g/mol. The first kappa shape index (κ1) is 10.3. The van der Waals surface area contributed by atoms with Crippen molar-refractivity contribution in [2.75, 3.05) is 0 Å². The van der Waals surface area contributed by atoms with Gasteiger partial charge in [-0.25, -0.2) is 0 Å². The molecule has 0 bridgehead atoms. The van der Waals surface area contributed by atoms with Crippen LogP contribution in [0.1, 0.15) is 40.0 Å². The molecule has 0 aromatic rings. The molecule has 0 unspecified atom stereocenters. The lowest BCUT2D eigenvalue weighted by Gasteiger charge is -2.27. The van der Waals surface area contributed by atoms with Gasteiger partial charge in [0.25, 0.3) is 0 Å².